The van der Waals surface area contributed by atoms with Crippen molar-refractivity contribution in [3.05, 3.63) is 78.1 Å². The number of sulfonamides is 1. The normalized spacial score (nSPS) is 15.4. The zero-order valence-electron chi connectivity index (χ0n) is 22.0. The molecular formula is C28H27FN2O8S. The maximum absolute atomic E-state index is 13.7. The van der Waals surface area contributed by atoms with Crippen molar-refractivity contribution in [3.63, 3.8) is 0 Å². The molecule has 0 spiro atoms. The van der Waals surface area contributed by atoms with Crippen LogP contribution in [0.2, 0.25) is 0 Å². The summed E-state index contributed by atoms with van der Waals surface area (Å²) in [5, 5.41) is 0. The monoisotopic (exact) mass is 570 g/mol. The average molecular weight is 571 g/mol. The quantitative estimate of drug-likeness (QED) is 0.207. The maximum atomic E-state index is 13.7. The molecule has 0 aromatic heterocycles. The van der Waals surface area contributed by atoms with Gasteiger partial charge in [0.15, 0.2) is 11.5 Å². The SMILES string of the molecule is COc1ccc(CCN(C2CC(=O)N(c3ccc(OC(C)=O)cc3)C2=O)S(=O)(=O)c2ccc(F)cc2)cc1OC. The van der Waals surface area contributed by atoms with Gasteiger partial charge in [0.05, 0.1) is 31.2 Å². The smallest absolute Gasteiger partial charge is 0.308 e. The Kier molecular flexibility index (Phi) is 8.50. The number of hydrogen-bond acceptors (Lipinski definition) is 8. The number of imide groups is 1. The van der Waals surface area contributed by atoms with Gasteiger partial charge in [0.2, 0.25) is 15.9 Å². The standard InChI is InChI=1S/C28H27FN2O8S/c1-18(32)39-22-9-7-21(8-10-22)31-27(33)17-24(28(31)34)30(40(35,36)23-11-5-20(29)6-12-23)15-14-19-4-13-25(37-2)26(16-19)38-3/h4-13,16,24H,14-15,17H2,1-3H3. The Balaban J connectivity index is 1.66. The molecule has 1 saturated heterocycles. The van der Waals surface area contributed by atoms with E-state index in [-0.39, 0.29) is 29.3 Å². The van der Waals surface area contributed by atoms with Crippen LogP contribution < -0.4 is 19.1 Å². The number of rotatable bonds is 10. The first-order valence-corrected chi connectivity index (χ1v) is 13.6. The van der Waals surface area contributed by atoms with E-state index in [1.54, 1.807) is 18.2 Å². The summed E-state index contributed by atoms with van der Waals surface area (Å²) in [7, 11) is -1.36. The lowest BCUT2D eigenvalue weighted by atomic mass is 10.1. The van der Waals surface area contributed by atoms with Gasteiger partial charge in [-0.05, 0) is 72.6 Å². The molecule has 2 amide bonds. The van der Waals surface area contributed by atoms with Gasteiger partial charge in [0, 0.05) is 13.5 Å². The molecule has 1 heterocycles. The Labute approximate surface area is 230 Å². The van der Waals surface area contributed by atoms with Gasteiger partial charge in [-0.1, -0.05) is 6.07 Å². The van der Waals surface area contributed by atoms with E-state index in [0.29, 0.717) is 17.1 Å². The average Bonchev–Trinajstić information content (AvgIpc) is 3.22. The van der Waals surface area contributed by atoms with Crippen molar-refractivity contribution in [2.75, 3.05) is 25.7 Å². The Morgan fingerprint density at radius 1 is 0.975 bits per heavy atom. The van der Waals surface area contributed by atoms with Crippen LogP contribution in [-0.2, 0) is 30.8 Å². The van der Waals surface area contributed by atoms with Gasteiger partial charge >= 0.3 is 5.97 Å². The topological polar surface area (TPSA) is 120 Å². The van der Waals surface area contributed by atoms with Gasteiger partial charge < -0.3 is 14.2 Å². The fraction of sp³-hybridized carbons (Fsp3) is 0.250. The molecule has 210 valence electrons. The van der Waals surface area contributed by atoms with Gasteiger partial charge in [0.1, 0.15) is 17.6 Å². The second-order valence-electron chi connectivity index (χ2n) is 8.88. The zero-order chi connectivity index (χ0) is 29.0. The number of esters is 1. The number of anilines is 1. The van der Waals surface area contributed by atoms with E-state index >= 15 is 0 Å². The van der Waals surface area contributed by atoms with E-state index in [1.807, 2.05) is 0 Å². The molecule has 10 nitrogen and oxygen atoms in total. The summed E-state index contributed by atoms with van der Waals surface area (Å²) in [5.41, 5.74) is 0.902. The molecule has 1 unspecified atom stereocenters. The first-order valence-electron chi connectivity index (χ1n) is 12.2. The van der Waals surface area contributed by atoms with Crippen molar-refractivity contribution in [3.8, 4) is 17.2 Å². The molecule has 1 fully saturated rings. The molecule has 0 radical (unpaired) electrons. The van der Waals surface area contributed by atoms with Crippen molar-refractivity contribution in [1.29, 1.82) is 0 Å². The molecule has 4 rings (SSSR count). The highest BCUT2D eigenvalue weighted by Gasteiger charge is 2.46. The number of hydrogen-bond donors (Lipinski definition) is 0. The highest BCUT2D eigenvalue weighted by molar-refractivity contribution is 7.89. The van der Waals surface area contributed by atoms with Crippen LogP contribution in [0.1, 0.15) is 18.9 Å². The minimum absolute atomic E-state index is 0.155. The van der Waals surface area contributed by atoms with Crippen molar-refractivity contribution in [2.24, 2.45) is 0 Å². The highest BCUT2D eigenvalue weighted by atomic mass is 32.2. The Morgan fingerprint density at radius 2 is 1.62 bits per heavy atom. The van der Waals surface area contributed by atoms with Crippen molar-refractivity contribution in [2.45, 2.75) is 30.7 Å². The molecule has 3 aromatic rings. The molecule has 1 aliphatic rings. The van der Waals surface area contributed by atoms with Crippen LogP contribution >= 0.6 is 0 Å². The summed E-state index contributed by atoms with van der Waals surface area (Å²) in [6, 6.07) is 13.7. The third-order valence-corrected chi connectivity index (χ3v) is 8.24. The largest absolute Gasteiger partial charge is 0.493 e. The summed E-state index contributed by atoms with van der Waals surface area (Å²) < 4.78 is 57.6. The molecule has 1 atom stereocenters. The second-order valence-corrected chi connectivity index (χ2v) is 10.8. The van der Waals surface area contributed by atoms with E-state index in [4.69, 9.17) is 14.2 Å². The maximum Gasteiger partial charge on any atom is 0.308 e. The molecule has 1 aliphatic heterocycles. The lowest BCUT2D eigenvalue weighted by Crippen LogP contribution is -2.46. The number of halogens is 1. The van der Waals surface area contributed by atoms with Crippen LogP contribution in [0.4, 0.5) is 10.1 Å². The predicted octanol–water partition coefficient (Wildman–Crippen LogP) is 3.33. The van der Waals surface area contributed by atoms with E-state index in [0.717, 1.165) is 33.5 Å². The third-order valence-electron chi connectivity index (χ3n) is 6.32. The number of amides is 2. The number of carbonyl (C=O) groups excluding carboxylic acids is 3. The minimum Gasteiger partial charge on any atom is -0.493 e. The van der Waals surface area contributed by atoms with E-state index in [9.17, 15) is 27.2 Å². The predicted molar refractivity (Wildman–Crippen MR) is 142 cm³/mol. The first-order chi connectivity index (χ1) is 19.0. The molecule has 12 heteroatoms. The van der Waals surface area contributed by atoms with Gasteiger partial charge in [0.25, 0.3) is 5.91 Å². The second kappa shape index (κ2) is 11.8. The molecule has 0 aliphatic carbocycles. The number of ether oxygens (including phenoxy) is 3. The molecule has 0 N–H and O–H groups in total. The highest BCUT2D eigenvalue weighted by Crippen LogP contribution is 2.32. The molecular weight excluding hydrogens is 543 g/mol. The lowest BCUT2D eigenvalue weighted by molar-refractivity contribution is -0.132. The van der Waals surface area contributed by atoms with Crippen LogP contribution in [0.25, 0.3) is 0 Å². The number of nitrogens with zero attached hydrogens (tertiary/aromatic N) is 2. The van der Waals surface area contributed by atoms with Crippen LogP contribution in [0.5, 0.6) is 17.2 Å². The fourth-order valence-electron chi connectivity index (χ4n) is 4.40. The number of benzene rings is 3. The lowest BCUT2D eigenvalue weighted by Gasteiger charge is -2.27. The summed E-state index contributed by atoms with van der Waals surface area (Å²) in [5.74, 6) is -1.31. The fourth-order valence-corrected chi connectivity index (χ4v) is 5.98. The van der Waals surface area contributed by atoms with Gasteiger partial charge in [-0.25, -0.2) is 17.7 Å². The van der Waals surface area contributed by atoms with Gasteiger partial charge in [-0.2, -0.15) is 4.31 Å². The van der Waals surface area contributed by atoms with E-state index in [2.05, 4.69) is 0 Å². The van der Waals surface area contributed by atoms with Crippen LogP contribution in [0, 0.1) is 5.82 Å². The summed E-state index contributed by atoms with van der Waals surface area (Å²) in [6.45, 7) is 1.09. The van der Waals surface area contributed by atoms with Crippen LogP contribution in [0.15, 0.2) is 71.6 Å². The molecule has 0 bridgehead atoms. The molecule has 40 heavy (non-hydrogen) atoms. The summed E-state index contributed by atoms with van der Waals surface area (Å²) >= 11 is 0. The Hall–Kier alpha value is -4.29. The van der Waals surface area contributed by atoms with Gasteiger partial charge in [-0.3, -0.25) is 14.4 Å². The Bertz CT molecular complexity index is 1520. The van der Waals surface area contributed by atoms with Crippen molar-refractivity contribution < 1.29 is 41.4 Å². The molecule has 0 saturated carbocycles. The molecule has 3 aromatic carbocycles. The first kappa shape index (κ1) is 28.7. The van der Waals surface area contributed by atoms with E-state index < -0.39 is 46.1 Å². The zero-order valence-corrected chi connectivity index (χ0v) is 22.8. The van der Waals surface area contributed by atoms with Crippen LogP contribution in [-0.4, -0.2) is 57.3 Å². The third kappa shape index (κ3) is 5.97. The number of methoxy groups -OCH3 is 2. The van der Waals surface area contributed by atoms with Crippen molar-refractivity contribution in [1.82, 2.24) is 4.31 Å². The number of carbonyl (C=O) groups is 3. The van der Waals surface area contributed by atoms with Crippen molar-refractivity contribution >= 4 is 33.5 Å². The van der Waals surface area contributed by atoms with E-state index in [1.165, 1.54) is 45.4 Å². The summed E-state index contributed by atoms with van der Waals surface area (Å²) in [4.78, 5) is 38.5. The van der Waals surface area contributed by atoms with Crippen LogP contribution in [0.3, 0.4) is 0 Å². The minimum atomic E-state index is -4.33. The van der Waals surface area contributed by atoms with Gasteiger partial charge in [-0.15, -0.1) is 0 Å². The summed E-state index contributed by atoms with van der Waals surface area (Å²) in [6.07, 6.45) is -0.216. The Morgan fingerprint density at radius 3 is 2.23 bits per heavy atom.